The second kappa shape index (κ2) is 12.9. The maximum atomic E-state index is 13.5. The molecule has 0 spiro atoms. The third-order valence-electron chi connectivity index (χ3n) is 5.29. The molecule has 9 heteroatoms. The number of amides is 1. The summed E-state index contributed by atoms with van der Waals surface area (Å²) in [7, 11) is -2.44. The Morgan fingerprint density at radius 1 is 1.06 bits per heavy atom. The summed E-state index contributed by atoms with van der Waals surface area (Å²) in [4.78, 5) is 12.8. The van der Waals surface area contributed by atoms with E-state index in [0.29, 0.717) is 23.5 Å². The Bertz CT molecular complexity index is 1240. The molecule has 0 radical (unpaired) electrons. The van der Waals surface area contributed by atoms with Crippen molar-refractivity contribution < 1.29 is 17.9 Å². The second-order valence-corrected chi connectivity index (χ2v) is 11.2. The van der Waals surface area contributed by atoms with Crippen LogP contribution in [-0.2, 0) is 20.6 Å². The number of hydrogen-bond acceptors (Lipinski definition) is 5. The molecule has 1 amide bonds. The van der Waals surface area contributed by atoms with E-state index in [2.05, 4.69) is 5.32 Å². The van der Waals surface area contributed by atoms with Gasteiger partial charge >= 0.3 is 0 Å². The number of carbonyl (C=O) groups is 1. The van der Waals surface area contributed by atoms with Crippen molar-refractivity contribution in [2.45, 2.75) is 24.0 Å². The maximum Gasteiger partial charge on any atom is 0.264 e. The van der Waals surface area contributed by atoms with Gasteiger partial charge in [-0.05, 0) is 66.6 Å². The molecule has 1 N–H and O–H groups in total. The average Bonchev–Trinajstić information content (AvgIpc) is 2.86. The van der Waals surface area contributed by atoms with Gasteiger partial charge in [0.25, 0.3) is 10.0 Å². The lowest BCUT2D eigenvalue weighted by Gasteiger charge is -2.24. The summed E-state index contributed by atoms with van der Waals surface area (Å²) >= 11 is 7.92. The summed E-state index contributed by atoms with van der Waals surface area (Å²) in [5, 5.41) is 3.59. The number of hydrogen-bond donors (Lipinski definition) is 1. The number of nitrogens with zero attached hydrogens (tertiary/aromatic N) is 1. The summed E-state index contributed by atoms with van der Waals surface area (Å²) in [5.74, 6) is 1.88. The van der Waals surface area contributed by atoms with Gasteiger partial charge in [0.05, 0.1) is 17.7 Å². The zero-order valence-electron chi connectivity index (χ0n) is 19.7. The van der Waals surface area contributed by atoms with Crippen LogP contribution in [0.4, 0.5) is 5.69 Å². The van der Waals surface area contributed by atoms with Crippen LogP contribution in [0.5, 0.6) is 5.75 Å². The minimum Gasteiger partial charge on any atom is -0.496 e. The Labute approximate surface area is 216 Å². The lowest BCUT2D eigenvalue weighted by molar-refractivity contribution is -0.119. The number of ether oxygens (including phenoxy) is 1. The van der Waals surface area contributed by atoms with Gasteiger partial charge in [0.15, 0.2) is 0 Å². The number of rotatable bonds is 12. The predicted octanol–water partition coefficient (Wildman–Crippen LogP) is 5.29. The molecule has 0 aromatic heterocycles. The standard InChI is InChI=1S/C26H29ClN2O4S2/c1-20-17-23(13-14-25(20)33-2)35(31,32)29(22-10-4-3-5-11-22)18-26(30)28-15-8-16-34-19-21-9-6-7-12-24(21)27/h3-7,9-14,17H,8,15-16,18-19H2,1-2H3,(H,28,30). The van der Waals surface area contributed by atoms with Crippen molar-refractivity contribution in [1.29, 1.82) is 0 Å². The van der Waals surface area contributed by atoms with Crippen molar-refractivity contribution in [2.75, 3.05) is 30.3 Å². The molecule has 186 valence electrons. The minimum atomic E-state index is -3.97. The predicted molar refractivity (Wildman–Crippen MR) is 144 cm³/mol. The van der Waals surface area contributed by atoms with Gasteiger partial charge in [-0.3, -0.25) is 9.10 Å². The van der Waals surface area contributed by atoms with Gasteiger partial charge in [-0.2, -0.15) is 11.8 Å². The molecule has 0 bridgehead atoms. The quantitative estimate of drug-likeness (QED) is 0.321. The van der Waals surface area contributed by atoms with Crippen molar-refractivity contribution in [2.24, 2.45) is 0 Å². The normalized spacial score (nSPS) is 11.2. The first-order valence-electron chi connectivity index (χ1n) is 11.1. The number of carbonyl (C=O) groups excluding carboxylic acids is 1. The monoisotopic (exact) mass is 532 g/mol. The number of sulfonamides is 1. The van der Waals surface area contributed by atoms with Gasteiger partial charge in [0, 0.05) is 17.3 Å². The van der Waals surface area contributed by atoms with Crippen molar-refractivity contribution in [3.05, 3.63) is 88.9 Å². The molecule has 6 nitrogen and oxygen atoms in total. The topological polar surface area (TPSA) is 75.7 Å². The Kier molecular flexibility index (Phi) is 9.89. The molecule has 3 rings (SSSR count). The molecule has 35 heavy (non-hydrogen) atoms. The maximum absolute atomic E-state index is 13.5. The largest absolute Gasteiger partial charge is 0.496 e. The van der Waals surface area contributed by atoms with E-state index >= 15 is 0 Å². The number of anilines is 1. The van der Waals surface area contributed by atoms with Crippen molar-refractivity contribution in [1.82, 2.24) is 5.32 Å². The highest BCUT2D eigenvalue weighted by atomic mass is 35.5. The van der Waals surface area contributed by atoms with Crippen LogP contribution >= 0.6 is 23.4 Å². The fraction of sp³-hybridized carbons (Fsp3) is 0.269. The molecule has 0 saturated carbocycles. The van der Waals surface area contributed by atoms with Gasteiger partial charge in [0.2, 0.25) is 5.91 Å². The summed E-state index contributed by atoms with van der Waals surface area (Å²) in [6.45, 7) is 1.92. The number of thioether (sulfide) groups is 1. The number of nitrogens with one attached hydrogen (secondary N) is 1. The van der Waals surface area contributed by atoms with E-state index in [4.69, 9.17) is 16.3 Å². The van der Waals surface area contributed by atoms with E-state index in [-0.39, 0.29) is 17.3 Å². The van der Waals surface area contributed by atoms with Crippen molar-refractivity contribution >= 4 is 45.0 Å². The van der Waals surface area contributed by atoms with Crippen molar-refractivity contribution in [3.8, 4) is 5.75 Å². The van der Waals surface area contributed by atoms with E-state index < -0.39 is 10.0 Å². The van der Waals surface area contributed by atoms with Crippen LogP contribution in [0, 0.1) is 6.92 Å². The van der Waals surface area contributed by atoms with Gasteiger partial charge < -0.3 is 10.1 Å². The van der Waals surface area contributed by atoms with E-state index in [1.54, 1.807) is 61.2 Å². The second-order valence-electron chi connectivity index (χ2n) is 7.83. The number of aryl methyl sites for hydroxylation is 1. The fourth-order valence-electron chi connectivity index (χ4n) is 3.43. The first-order valence-corrected chi connectivity index (χ1v) is 14.1. The number of methoxy groups -OCH3 is 1. The first kappa shape index (κ1) is 26.9. The molecule has 0 heterocycles. The Balaban J connectivity index is 1.60. The third kappa shape index (κ3) is 7.40. The molecule has 0 aliphatic carbocycles. The third-order valence-corrected chi connectivity index (χ3v) is 8.52. The molecule has 0 unspecified atom stereocenters. The average molecular weight is 533 g/mol. The van der Waals surface area contributed by atoms with E-state index in [9.17, 15) is 13.2 Å². The summed E-state index contributed by atoms with van der Waals surface area (Å²) < 4.78 is 33.4. The van der Waals surface area contributed by atoms with Gasteiger partial charge in [-0.1, -0.05) is 48.0 Å². The van der Waals surface area contributed by atoms with Crippen LogP contribution in [0.1, 0.15) is 17.5 Å². The zero-order valence-corrected chi connectivity index (χ0v) is 22.1. The fourth-order valence-corrected chi connectivity index (χ4v) is 6.19. The van der Waals surface area contributed by atoms with Crippen LogP contribution < -0.4 is 14.4 Å². The van der Waals surface area contributed by atoms with E-state index in [1.807, 2.05) is 24.3 Å². The molecule has 0 aliphatic rings. The smallest absolute Gasteiger partial charge is 0.264 e. The van der Waals surface area contributed by atoms with Crippen LogP contribution in [0.3, 0.4) is 0 Å². The number of para-hydroxylation sites is 1. The lowest BCUT2D eigenvalue weighted by Crippen LogP contribution is -2.41. The van der Waals surface area contributed by atoms with Crippen LogP contribution in [0.15, 0.2) is 77.7 Å². The summed E-state index contributed by atoms with van der Waals surface area (Å²) in [6, 6.07) is 21.0. The highest BCUT2D eigenvalue weighted by Gasteiger charge is 2.27. The molecule has 0 saturated heterocycles. The SMILES string of the molecule is COc1ccc(S(=O)(=O)N(CC(=O)NCCCSCc2ccccc2Cl)c2ccccc2)cc1C. The minimum absolute atomic E-state index is 0.100. The molecule has 0 atom stereocenters. The van der Waals surface area contributed by atoms with Gasteiger partial charge in [-0.15, -0.1) is 0 Å². The molecular weight excluding hydrogens is 504 g/mol. The van der Waals surface area contributed by atoms with Crippen molar-refractivity contribution in [3.63, 3.8) is 0 Å². The Hall–Kier alpha value is -2.68. The van der Waals surface area contributed by atoms with Gasteiger partial charge in [0.1, 0.15) is 12.3 Å². The van der Waals surface area contributed by atoms with Crippen LogP contribution in [0.25, 0.3) is 0 Å². The number of benzene rings is 3. The van der Waals surface area contributed by atoms with Gasteiger partial charge in [-0.25, -0.2) is 8.42 Å². The highest BCUT2D eigenvalue weighted by Crippen LogP contribution is 2.27. The molecule has 3 aromatic carbocycles. The Morgan fingerprint density at radius 3 is 2.46 bits per heavy atom. The van der Waals surface area contributed by atoms with Crippen LogP contribution in [-0.4, -0.2) is 40.3 Å². The Morgan fingerprint density at radius 2 is 1.77 bits per heavy atom. The van der Waals surface area contributed by atoms with Crippen LogP contribution in [0.2, 0.25) is 5.02 Å². The van der Waals surface area contributed by atoms with E-state index in [0.717, 1.165) is 32.8 Å². The number of halogens is 1. The molecule has 0 fully saturated rings. The first-order chi connectivity index (χ1) is 16.8. The molecular formula is C26H29ClN2O4S2. The molecule has 3 aromatic rings. The van der Waals surface area contributed by atoms with E-state index in [1.165, 1.54) is 13.2 Å². The summed E-state index contributed by atoms with van der Waals surface area (Å²) in [6.07, 6.45) is 0.761. The highest BCUT2D eigenvalue weighted by molar-refractivity contribution is 7.98. The zero-order chi connectivity index (χ0) is 25.3. The lowest BCUT2D eigenvalue weighted by atomic mass is 10.2. The summed E-state index contributed by atoms with van der Waals surface area (Å²) in [5.41, 5.74) is 2.20. The molecule has 0 aliphatic heterocycles.